The van der Waals surface area contributed by atoms with Crippen molar-refractivity contribution in [2.45, 2.75) is 25.7 Å². The third-order valence-corrected chi connectivity index (χ3v) is 3.52. The SMILES string of the molecule is CCOC(=O)C[C@@H]1C(=O)C[C@H](c2ccco2)[C@H]1C=O. The number of hydrogen-bond donors (Lipinski definition) is 0. The molecule has 0 bridgehead atoms. The van der Waals surface area contributed by atoms with Crippen molar-refractivity contribution in [3.8, 4) is 0 Å². The second-order valence-electron chi connectivity index (χ2n) is 4.62. The molecule has 1 aliphatic rings. The van der Waals surface area contributed by atoms with Crippen LogP contribution in [-0.2, 0) is 19.1 Å². The van der Waals surface area contributed by atoms with Crippen LogP contribution in [0.4, 0.5) is 0 Å². The zero-order chi connectivity index (χ0) is 13.8. The summed E-state index contributed by atoms with van der Waals surface area (Å²) in [5.74, 6) is -1.26. The van der Waals surface area contributed by atoms with Gasteiger partial charge in [0.1, 0.15) is 17.8 Å². The Labute approximate surface area is 110 Å². The van der Waals surface area contributed by atoms with Gasteiger partial charge in [-0.15, -0.1) is 0 Å². The van der Waals surface area contributed by atoms with Gasteiger partial charge >= 0.3 is 5.97 Å². The quantitative estimate of drug-likeness (QED) is 0.598. The third kappa shape index (κ3) is 2.75. The first kappa shape index (κ1) is 13.5. The van der Waals surface area contributed by atoms with Gasteiger partial charge in [-0.05, 0) is 19.1 Å². The number of Topliss-reactive ketones (excluding diaryl/α,β-unsaturated/α-hetero) is 1. The normalized spacial score (nSPS) is 26.4. The molecule has 1 aromatic rings. The molecule has 5 nitrogen and oxygen atoms in total. The number of carbonyl (C=O) groups excluding carboxylic acids is 3. The number of rotatable bonds is 5. The van der Waals surface area contributed by atoms with Crippen LogP contribution in [0.3, 0.4) is 0 Å². The zero-order valence-corrected chi connectivity index (χ0v) is 10.7. The minimum Gasteiger partial charge on any atom is -0.469 e. The Hall–Kier alpha value is -1.91. The molecule has 19 heavy (non-hydrogen) atoms. The van der Waals surface area contributed by atoms with E-state index in [0.29, 0.717) is 5.76 Å². The third-order valence-electron chi connectivity index (χ3n) is 3.52. The second kappa shape index (κ2) is 5.82. The molecule has 0 saturated heterocycles. The van der Waals surface area contributed by atoms with Gasteiger partial charge < -0.3 is 13.9 Å². The number of esters is 1. The van der Waals surface area contributed by atoms with E-state index in [4.69, 9.17) is 9.15 Å². The monoisotopic (exact) mass is 264 g/mol. The topological polar surface area (TPSA) is 73.6 Å². The van der Waals surface area contributed by atoms with Gasteiger partial charge in [0.05, 0.1) is 19.3 Å². The van der Waals surface area contributed by atoms with Crippen LogP contribution in [0, 0.1) is 11.8 Å². The summed E-state index contributed by atoms with van der Waals surface area (Å²) >= 11 is 0. The lowest BCUT2D eigenvalue weighted by molar-refractivity contribution is -0.146. The van der Waals surface area contributed by atoms with E-state index >= 15 is 0 Å². The molecule has 1 aromatic heterocycles. The maximum absolute atomic E-state index is 12.0. The van der Waals surface area contributed by atoms with Crippen molar-refractivity contribution in [2.24, 2.45) is 11.8 Å². The van der Waals surface area contributed by atoms with Crippen molar-refractivity contribution in [1.82, 2.24) is 0 Å². The molecular formula is C14H16O5. The van der Waals surface area contributed by atoms with Crippen molar-refractivity contribution < 1.29 is 23.5 Å². The Morgan fingerprint density at radius 1 is 1.58 bits per heavy atom. The average Bonchev–Trinajstić information content (AvgIpc) is 2.99. The van der Waals surface area contributed by atoms with E-state index in [-0.39, 0.29) is 31.1 Å². The highest BCUT2D eigenvalue weighted by atomic mass is 16.5. The summed E-state index contributed by atoms with van der Waals surface area (Å²) in [6.45, 7) is 1.98. The average molecular weight is 264 g/mol. The predicted molar refractivity (Wildman–Crippen MR) is 65.4 cm³/mol. The van der Waals surface area contributed by atoms with Crippen molar-refractivity contribution in [3.05, 3.63) is 24.2 Å². The fraction of sp³-hybridized carbons (Fsp3) is 0.500. The molecule has 1 aliphatic carbocycles. The van der Waals surface area contributed by atoms with Crippen LogP contribution in [0.25, 0.3) is 0 Å². The van der Waals surface area contributed by atoms with Crippen LogP contribution in [0.2, 0.25) is 0 Å². The van der Waals surface area contributed by atoms with Gasteiger partial charge in [0, 0.05) is 24.2 Å². The molecule has 1 fully saturated rings. The lowest BCUT2D eigenvalue weighted by Gasteiger charge is -2.15. The first-order chi connectivity index (χ1) is 9.17. The Balaban J connectivity index is 2.13. The lowest BCUT2D eigenvalue weighted by atomic mass is 9.87. The van der Waals surface area contributed by atoms with Crippen molar-refractivity contribution in [3.63, 3.8) is 0 Å². The Bertz CT molecular complexity index is 462. The fourth-order valence-corrected chi connectivity index (χ4v) is 2.63. The van der Waals surface area contributed by atoms with Crippen molar-refractivity contribution >= 4 is 18.0 Å². The molecule has 0 unspecified atom stereocenters. The second-order valence-corrected chi connectivity index (χ2v) is 4.62. The van der Waals surface area contributed by atoms with E-state index < -0.39 is 17.8 Å². The van der Waals surface area contributed by atoms with Crippen LogP contribution in [-0.4, -0.2) is 24.6 Å². The summed E-state index contributed by atoms with van der Waals surface area (Å²) in [6, 6.07) is 3.47. The van der Waals surface area contributed by atoms with Crippen molar-refractivity contribution in [2.75, 3.05) is 6.61 Å². The van der Waals surface area contributed by atoms with Gasteiger partial charge in [0.2, 0.25) is 0 Å². The van der Waals surface area contributed by atoms with Crippen LogP contribution >= 0.6 is 0 Å². The fourth-order valence-electron chi connectivity index (χ4n) is 2.63. The number of hydrogen-bond acceptors (Lipinski definition) is 5. The van der Waals surface area contributed by atoms with E-state index in [9.17, 15) is 14.4 Å². The maximum atomic E-state index is 12.0. The minimum absolute atomic E-state index is 0.0344. The lowest BCUT2D eigenvalue weighted by Crippen LogP contribution is -2.22. The first-order valence-electron chi connectivity index (χ1n) is 6.34. The molecule has 0 N–H and O–H groups in total. The van der Waals surface area contributed by atoms with Crippen molar-refractivity contribution in [1.29, 1.82) is 0 Å². The molecule has 3 atom stereocenters. The number of ether oxygens (including phenoxy) is 1. The van der Waals surface area contributed by atoms with E-state index in [1.54, 1.807) is 19.1 Å². The highest BCUT2D eigenvalue weighted by molar-refractivity contribution is 5.91. The Kier molecular flexibility index (Phi) is 4.14. The molecule has 0 amide bonds. The summed E-state index contributed by atoms with van der Waals surface area (Å²) in [5.41, 5.74) is 0. The summed E-state index contributed by atoms with van der Waals surface area (Å²) < 4.78 is 10.1. The summed E-state index contributed by atoms with van der Waals surface area (Å²) in [4.78, 5) is 34.7. The first-order valence-corrected chi connectivity index (χ1v) is 6.34. The van der Waals surface area contributed by atoms with E-state index in [1.165, 1.54) is 6.26 Å². The van der Waals surface area contributed by atoms with E-state index in [1.807, 2.05) is 0 Å². The summed E-state index contributed by atoms with van der Waals surface area (Å²) in [5, 5.41) is 0. The number of ketones is 1. The van der Waals surface area contributed by atoms with Crippen LogP contribution < -0.4 is 0 Å². The minimum atomic E-state index is -0.591. The highest BCUT2D eigenvalue weighted by Gasteiger charge is 2.45. The van der Waals surface area contributed by atoms with Crippen LogP contribution in [0.5, 0.6) is 0 Å². The zero-order valence-electron chi connectivity index (χ0n) is 10.7. The summed E-state index contributed by atoms with van der Waals surface area (Å²) in [7, 11) is 0. The highest BCUT2D eigenvalue weighted by Crippen LogP contribution is 2.42. The molecule has 5 heteroatoms. The number of aldehydes is 1. The predicted octanol–water partition coefficient (Wildman–Crippen LogP) is 1.72. The molecule has 0 aliphatic heterocycles. The Morgan fingerprint density at radius 3 is 2.95 bits per heavy atom. The van der Waals surface area contributed by atoms with Gasteiger partial charge in [-0.1, -0.05) is 0 Å². The number of carbonyl (C=O) groups is 3. The molecule has 0 spiro atoms. The molecule has 0 aromatic carbocycles. The van der Waals surface area contributed by atoms with E-state index in [0.717, 1.165) is 6.29 Å². The molecule has 102 valence electrons. The number of furan rings is 1. The molecular weight excluding hydrogens is 248 g/mol. The van der Waals surface area contributed by atoms with Gasteiger partial charge in [0.25, 0.3) is 0 Å². The molecule has 1 saturated carbocycles. The summed E-state index contributed by atoms with van der Waals surface area (Å²) in [6.07, 6.45) is 2.47. The maximum Gasteiger partial charge on any atom is 0.306 e. The standard InChI is InChI=1S/C14H16O5/c1-2-18-14(17)7-9-11(8-15)10(6-12(9)16)13-4-3-5-19-13/h3-5,8-11H,2,6-7H2,1H3/t9-,10-,11-/m0/s1. The van der Waals surface area contributed by atoms with Crippen LogP contribution in [0.1, 0.15) is 31.4 Å². The van der Waals surface area contributed by atoms with Crippen LogP contribution in [0.15, 0.2) is 22.8 Å². The van der Waals surface area contributed by atoms with Gasteiger partial charge in [-0.2, -0.15) is 0 Å². The largest absolute Gasteiger partial charge is 0.469 e. The molecule has 1 heterocycles. The molecule has 2 rings (SSSR count). The van der Waals surface area contributed by atoms with Gasteiger partial charge in [-0.3, -0.25) is 9.59 Å². The smallest absolute Gasteiger partial charge is 0.306 e. The molecule has 0 radical (unpaired) electrons. The van der Waals surface area contributed by atoms with Gasteiger partial charge in [0.15, 0.2) is 0 Å². The Morgan fingerprint density at radius 2 is 2.37 bits per heavy atom. The van der Waals surface area contributed by atoms with Gasteiger partial charge in [-0.25, -0.2) is 0 Å². The van der Waals surface area contributed by atoms with E-state index in [2.05, 4.69) is 0 Å².